The lowest BCUT2D eigenvalue weighted by atomic mass is 9.86. The third-order valence-electron chi connectivity index (χ3n) is 3.38. The highest BCUT2D eigenvalue weighted by Gasteiger charge is 2.14. The average molecular weight is 365 g/mol. The minimum Gasteiger partial charge on any atom is -0.388 e. The maximum Gasteiger partial charge on any atom is 0.0883 e. The zero-order valence-corrected chi connectivity index (χ0v) is 15.0. The fraction of sp³-hybridized carbons (Fsp3) is 0.333. The van der Waals surface area contributed by atoms with Crippen LogP contribution in [0.5, 0.6) is 0 Å². The van der Waals surface area contributed by atoms with E-state index in [4.69, 9.17) is 0 Å². The van der Waals surface area contributed by atoms with Gasteiger partial charge < -0.3 is 5.11 Å². The van der Waals surface area contributed by atoms with E-state index < -0.39 is 6.10 Å². The Bertz CT molecular complexity index is 570. The zero-order chi connectivity index (χ0) is 15.5. The van der Waals surface area contributed by atoms with Crippen LogP contribution < -0.4 is 0 Å². The van der Waals surface area contributed by atoms with E-state index in [9.17, 15) is 5.11 Å². The second kappa shape index (κ2) is 6.99. The number of benzene rings is 2. The molecule has 0 aliphatic carbocycles. The Labute approximate surface area is 139 Å². The first-order valence-corrected chi connectivity index (χ1v) is 8.81. The van der Waals surface area contributed by atoms with Crippen LogP contribution >= 0.6 is 27.7 Å². The summed E-state index contributed by atoms with van der Waals surface area (Å²) in [6.07, 6.45) is -0.437. The molecule has 2 rings (SSSR count). The lowest BCUT2D eigenvalue weighted by molar-refractivity contribution is 0.204. The number of rotatable bonds is 4. The maximum absolute atomic E-state index is 10.3. The van der Waals surface area contributed by atoms with E-state index in [2.05, 4.69) is 61.0 Å². The molecule has 0 radical (unpaired) electrons. The molecule has 1 atom stereocenters. The fourth-order valence-corrected chi connectivity index (χ4v) is 3.14. The minimum absolute atomic E-state index is 0.148. The molecule has 2 aromatic rings. The van der Waals surface area contributed by atoms with Crippen molar-refractivity contribution >= 4 is 27.7 Å². The highest BCUT2D eigenvalue weighted by molar-refractivity contribution is 9.10. The molecule has 0 saturated heterocycles. The molecule has 1 N–H and O–H groups in total. The van der Waals surface area contributed by atoms with E-state index in [-0.39, 0.29) is 5.41 Å². The molecule has 21 heavy (non-hydrogen) atoms. The van der Waals surface area contributed by atoms with Gasteiger partial charge in [0.25, 0.3) is 0 Å². The first kappa shape index (κ1) is 16.6. The summed E-state index contributed by atoms with van der Waals surface area (Å²) < 4.78 is 1.07. The van der Waals surface area contributed by atoms with Crippen LogP contribution in [-0.4, -0.2) is 10.9 Å². The number of halogens is 1. The Morgan fingerprint density at radius 1 is 1.00 bits per heavy atom. The largest absolute Gasteiger partial charge is 0.388 e. The lowest BCUT2D eigenvalue weighted by Gasteiger charge is -2.20. The van der Waals surface area contributed by atoms with Gasteiger partial charge >= 0.3 is 0 Å². The molecule has 0 aliphatic rings. The van der Waals surface area contributed by atoms with Gasteiger partial charge in [-0.3, -0.25) is 0 Å². The van der Waals surface area contributed by atoms with Gasteiger partial charge in [-0.15, -0.1) is 11.8 Å². The third-order valence-corrected chi connectivity index (χ3v) is 5.00. The Morgan fingerprint density at radius 3 is 2.10 bits per heavy atom. The molecule has 112 valence electrons. The number of hydrogen-bond acceptors (Lipinski definition) is 2. The topological polar surface area (TPSA) is 20.2 Å². The van der Waals surface area contributed by atoms with Crippen molar-refractivity contribution in [2.45, 2.75) is 37.2 Å². The molecule has 2 aromatic carbocycles. The summed E-state index contributed by atoms with van der Waals surface area (Å²) in [7, 11) is 0. The van der Waals surface area contributed by atoms with Crippen LogP contribution in [0, 0.1) is 0 Å². The van der Waals surface area contributed by atoms with Crippen molar-refractivity contribution in [1.82, 2.24) is 0 Å². The van der Waals surface area contributed by atoms with Crippen molar-refractivity contribution in [1.29, 1.82) is 0 Å². The average Bonchev–Trinajstić information content (AvgIpc) is 2.45. The molecule has 0 aliphatic heterocycles. The summed E-state index contributed by atoms with van der Waals surface area (Å²) >= 11 is 5.10. The third kappa shape index (κ3) is 4.87. The predicted molar refractivity (Wildman–Crippen MR) is 95.0 cm³/mol. The van der Waals surface area contributed by atoms with Crippen molar-refractivity contribution < 1.29 is 5.11 Å². The molecular formula is C18H21BrOS. The van der Waals surface area contributed by atoms with Gasteiger partial charge in [-0.1, -0.05) is 61.0 Å². The molecule has 1 unspecified atom stereocenters. The number of aliphatic hydroxyl groups excluding tert-OH is 1. The number of aliphatic hydroxyl groups is 1. The van der Waals surface area contributed by atoms with Crippen molar-refractivity contribution in [3.63, 3.8) is 0 Å². The standard InChI is InChI=1S/C18H21BrOS/c1-18(2,3)14-6-4-13(5-7-14)17(20)12-21-16-10-8-15(19)9-11-16/h4-11,17,20H,12H2,1-3H3. The smallest absolute Gasteiger partial charge is 0.0883 e. The van der Waals surface area contributed by atoms with Crippen LogP contribution in [0.3, 0.4) is 0 Å². The van der Waals surface area contributed by atoms with Crippen molar-refractivity contribution in [3.05, 3.63) is 64.1 Å². The van der Waals surface area contributed by atoms with Gasteiger partial charge in [0.05, 0.1) is 6.10 Å². The molecule has 0 amide bonds. The first-order valence-electron chi connectivity index (χ1n) is 7.03. The highest BCUT2D eigenvalue weighted by atomic mass is 79.9. The van der Waals surface area contributed by atoms with Gasteiger partial charge in [0.2, 0.25) is 0 Å². The van der Waals surface area contributed by atoms with Gasteiger partial charge in [-0.2, -0.15) is 0 Å². The molecule has 0 heterocycles. The SMILES string of the molecule is CC(C)(C)c1ccc(C(O)CSc2ccc(Br)cc2)cc1. The van der Waals surface area contributed by atoms with Crippen LogP contribution in [0.4, 0.5) is 0 Å². The van der Waals surface area contributed by atoms with E-state index in [0.29, 0.717) is 5.75 Å². The minimum atomic E-state index is -0.437. The van der Waals surface area contributed by atoms with Gasteiger partial charge in [-0.05, 0) is 40.8 Å². The summed E-state index contributed by atoms with van der Waals surface area (Å²) in [6, 6.07) is 16.5. The quantitative estimate of drug-likeness (QED) is 0.715. The van der Waals surface area contributed by atoms with Crippen LogP contribution in [0.2, 0.25) is 0 Å². The second-order valence-corrected chi connectivity index (χ2v) is 8.16. The predicted octanol–water partition coefficient (Wildman–Crippen LogP) is 5.57. The summed E-state index contributed by atoms with van der Waals surface area (Å²) in [5.41, 5.74) is 2.42. The summed E-state index contributed by atoms with van der Waals surface area (Å²) in [6.45, 7) is 6.59. The number of hydrogen-bond donors (Lipinski definition) is 1. The molecule has 0 spiro atoms. The van der Waals surface area contributed by atoms with Crippen LogP contribution in [0.1, 0.15) is 38.0 Å². The molecule has 3 heteroatoms. The van der Waals surface area contributed by atoms with E-state index in [0.717, 1.165) is 10.0 Å². The maximum atomic E-state index is 10.3. The van der Waals surface area contributed by atoms with E-state index in [1.54, 1.807) is 11.8 Å². The monoisotopic (exact) mass is 364 g/mol. The van der Waals surface area contributed by atoms with Gasteiger partial charge in [0.15, 0.2) is 0 Å². The van der Waals surface area contributed by atoms with Gasteiger partial charge in [-0.25, -0.2) is 0 Å². The molecule has 1 nitrogen and oxygen atoms in total. The van der Waals surface area contributed by atoms with Crippen LogP contribution in [-0.2, 0) is 5.41 Å². The molecule has 0 aromatic heterocycles. The normalized spacial score (nSPS) is 13.2. The van der Waals surface area contributed by atoms with Crippen molar-refractivity contribution in [3.8, 4) is 0 Å². The summed E-state index contributed by atoms with van der Waals surface area (Å²) in [5, 5.41) is 10.3. The van der Waals surface area contributed by atoms with Gasteiger partial charge in [0.1, 0.15) is 0 Å². The highest BCUT2D eigenvalue weighted by Crippen LogP contribution is 2.28. The van der Waals surface area contributed by atoms with Gasteiger partial charge in [0, 0.05) is 15.1 Å². The molecule has 0 saturated carbocycles. The van der Waals surface area contributed by atoms with Crippen LogP contribution in [0.25, 0.3) is 0 Å². The van der Waals surface area contributed by atoms with Crippen molar-refractivity contribution in [2.24, 2.45) is 0 Å². The zero-order valence-electron chi connectivity index (χ0n) is 12.6. The molecule has 0 fully saturated rings. The fourth-order valence-electron chi connectivity index (χ4n) is 2.01. The second-order valence-electron chi connectivity index (χ2n) is 6.15. The summed E-state index contributed by atoms with van der Waals surface area (Å²) in [4.78, 5) is 1.17. The summed E-state index contributed by atoms with van der Waals surface area (Å²) in [5.74, 6) is 0.663. The lowest BCUT2D eigenvalue weighted by Crippen LogP contribution is -2.11. The Kier molecular flexibility index (Phi) is 5.53. The molecule has 0 bridgehead atoms. The van der Waals surface area contributed by atoms with E-state index in [1.165, 1.54) is 10.5 Å². The Morgan fingerprint density at radius 2 is 1.57 bits per heavy atom. The Balaban J connectivity index is 1.97. The Hall–Kier alpha value is -0.770. The van der Waals surface area contributed by atoms with E-state index in [1.807, 2.05) is 24.3 Å². The van der Waals surface area contributed by atoms with Crippen molar-refractivity contribution in [2.75, 3.05) is 5.75 Å². The van der Waals surface area contributed by atoms with Crippen LogP contribution in [0.15, 0.2) is 57.9 Å². The molecular weight excluding hydrogens is 344 g/mol. The first-order chi connectivity index (χ1) is 9.86. The van der Waals surface area contributed by atoms with E-state index >= 15 is 0 Å². The number of thioether (sulfide) groups is 1.